The first-order valence-corrected chi connectivity index (χ1v) is 4.17. The van der Waals surface area contributed by atoms with Crippen LogP contribution in [0.25, 0.3) is 0 Å². The quantitative estimate of drug-likeness (QED) is 0.661. The Labute approximate surface area is 73.6 Å². The molecule has 10 heavy (non-hydrogen) atoms. The van der Waals surface area contributed by atoms with E-state index in [1.165, 1.54) is 0 Å². The first-order chi connectivity index (χ1) is 4.61. The van der Waals surface area contributed by atoms with E-state index < -0.39 is 0 Å². The first kappa shape index (κ1) is 7.95. The summed E-state index contributed by atoms with van der Waals surface area (Å²) >= 11 is 8.43. The molecule has 0 aliphatic heterocycles. The molecule has 0 fully saturated rings. The lowest BCUT2D eigenvalue weighted by atomic mass is 10.3. The molecule has 1 aromatic rings. The number of hydrogen-bond acceptors (Lipinski definition) is 1. The Kier molecular flexibility index (Phi) is 2.26. The third-order valence-corrected chi connectivity index (χ3v) is 2.61. The van der Waals surface area contributed by atoms with Gasteiger partial charge in [0.2, 0.25) is 0 Å². The van der Waals surface area contributed by atoms with Crippen LogP contribution in [0.4, 0.5) is 0 Å². The topological polar surface area (TPSA) is 15.8 Å². The van der Waals surface area contributed by atoms with Crippen LogP contribution >= 0.6 is 28.1 Å². The predicted molar refractivity (Wildman–Crippen MR) is 48.8 cm³/mol. The van der Waals surface area contributed by atoms with Gasteiger partial charge >= 0.3 is 0 Å². The standard InChI is InChI=1S/C7H8BrNS/c1-4-3-6(8)5(2)9-7(4)10/h3H,1-2H3,(H,9,10). The molecule has 1 nitrogen and oxygen atoms in total. The fraction of sp³-hybridized carbons (Fsp3) is 0.286. The Morgan fingerprint density at radius 3 is 2.60 bits per heavy atom. The van der Waals surface area contributed by atoms with Crippen LogP contribution in [0.3, 0.4) is 0 Å². The molecule has 1 rings (SSSR count). The fourth-order valence-corrected chi connectivity index (χ4v) is 1.35. The predicted octanol–water partition coefficient (Wildman–Crippen LogP) is 3.12. The molecular weight excluding hydrogens is 210 g/mol. The number of halogens is 1. The summed E-state index contributed by atoms with van der Waals surface area (Å²) in [5, 5.41) is 0. The Morgan fingerprint density at radius 1 is 1.50 bits per heavy atom. The molecule has 0 saturated heterocycles. The van der Waals surface area contributed by atoms with Gasteiger partial charge in [-0.05, 0) is 41.4 Å². The summed E-state index contributed by atoms with van der Waals surface area (Å²) in [4.78, 5) is 3.07. The fourth-order valence-electron chi connectivity index (χ4n) is 0.692. The van der Waals surface area contributed by atoms with Crippen molar-refractivity contribution in [2.24, 2.45) is 0 Å². The normalized spacial score (nSPS) is 9.90. The van der Waals surface area contributed by atoms with Gasteiger partial charge in [0.05, 0.1) is 0 Å². The van der Waals surface area contributed by atoms with Crippen LogP contribution in [0, 0.1) is 18.5 Å². The minimum atomic E-state index is 0.820. The molecule has 0 radical (unpaired) electrons. The summed E-state index contributed by atoms with van der Waals surface area (Å²) in [6.45, 7) is 3.97. The zero-order valence-corrected chi connectivity index (χ0v) is 8.27. The molecule has 0 aliphatic rings. The Hall–Kier alpha value is -0.150. The summed E-state index contributed by atoms with van der Waals surface area (Å²) in [7, 11) is 0. The second-order valence-electron chi connectivity index (χ2n) is 2.25. The van der Waals surface area contributed by atoms with Crippen LogP contribution in [0.2, 0.25) is 0 Å². The lowest BCUT2D eigenvalue weighted by molar-refractivity contribution is 1.13. The highest BCUT2D eigenvalue weighted by atomic mass is 79.9. The molecule has 54 valence electrons. The third kappa shape index (κ3) is 1.47. The largest absolute Gasteiger partial charge is 0.349 e. The first-order valence-electron chi connectivity index (χ1n) is 2.97. The average Bonchev–Trinajstić information content (AvgIpc) is 1.84. The third-order valence-electron chi connectivity index (χ3n) is 1.36. The van der Waals surface area contributed by atoms with Gasteiger partial charge < -0.3 is 4.98 Å². The maximum atomic E-state index is 5.02. The van der Waals surface area contributed by atoms with Gasteiger partial charge in [0.15, 0.2) is 0 Å². The molecule has 0 aromatic carbocycles. The molecule has 0 aliphatic carbocycles. The molecule has 3 heteroatoms. The van der Waals surface area contributed by atoms with Crippen molar-refractivity contribution in [1.82, 2.24) is 4.98 Å². The van der Waals surface area contributed by atoms with Gasteiger partial charge in [0.1, 0.15) is 4.64 Å². The number of aromatic nitrogens is 1. The molecule has 0 unspecified atom stereocenters. The number of rotatable bonds is 0. The number of nitrogens with one attached hydrogen (secondary N) is 1. The summed E-state index contributed by atoms with van der Waals surface area (Å²) in [6.07, 6.45) is 0. The van der Waals surface area contributed by atoms with Crippen LogP contribution in [-0.4, -0.2) is 4.98 Å². The number of H-pyrrole nitrogens is 1. The van der Waals surface area contributed by atoms with Crippen molar-refractivity contribution in [2.75, 3.05) is 0 Å². The van der Waals surface area contributed by atoms with Crippen molar-refractivity contribution in [1.29, 1.82) is 0 Å². The molecule has 0 saturated carbocycles. The molecule has 1 heterocycles. The van der Waals surface area contributed by atoms with E-state index in [1.54, 1.807) is 0 Å². The number of pyridine rings is 1. The van der Waals surface area contributed by atoms with E-state index in [0.717, 1.165) is 20.4 Å². The Bertz CT molecular complexity index is 303. The van der Waals surface area contributed by atoms with E-state index in [0.29, 0.717) is 0 Å². The lowest BCUT2D eigenvalue weighted by Crippen LogP contribution is -1.85. The van der Waals surface area contributed by atoms with Crippen LogP contribution in [-0.2, 0) is 0 Å². The Morgan fingerprint density at radius 2 is 2.10 bits per heavy atom. The van der Waals surface area contributed by atoms with Crippen LogP contribution in [0.5, 0.6) is 0 Å². The highest BCUT2D eigenvalue weighted by molar-refractivity contribution is 9.10. The van der Waals surface area contributed by atoms with Gasteiger partial charge in [0, 0.05) is 10.2 Å². The molecule has 0 amide bonds. The van der Waals surface area contributed by atoms with Gasteiger partial charge in [-0.1, -0.05) is 12.2 Å². The van der Waals surface area contributed by atoms with E-state index in [-0.39, 0.29) is 0 Å². The van der Waals surface area contributed by atoms with Gasteiger partial charge in [-0.25, -0.2) is 0 Å². The van der Waals surface area contributed by atoms with Crippen molar-refractivity contribution in [3.05, 3.63) is 26.4 Å². The van der Waals surface area contributed by atoms with Crippen LogP contribution in [0.1, 0.15) is 11.3 Å². The monoisotopic (exact) mass is 217 g/mol. The Balaban J connectivity index is 3.43. The van der Waals surface area contributed by atoms with E-state index in [9.17, 15) is 0 Å². The number of hydrogen-bond donors (Lipinski definition) is 1. The summed E-state index contributed by atoms with van der Waals surface area (Å²) < 4.78 is 1.90. The minimum Gasteiger partial charge on any atom is -0.349 e. The number of aromatic amines is 1. The zero-order valence-electron chi connectivity index (χ0n) is 5.86. The summed E-state index contributed by atoms with van der Waals surface area (Å²) in [6, 6.07) is 2.02. The molecule has 0 bridgehead atoms. The zero-order chi connectivity index (χ0) is 7.72. The van der Waals surface area contributed by atoms with Crippen molar-refractivity contribution < 1.29 is 0 Å². The smallest absolute Gasteiger partial charge is 0.106 e. The van der Waals surface area contributed by atoms with Crippen molar-refractivity contribution in [2.45, 2.75) is 13.8 Å². The van der Waals surface area contributed by atoms with Crippen molar-refractivity contribution in [3.8, 4) is 0 Å². The van der Waals surface area contributed by atoms with E-state index in [1.807, 2.05) is 19.9 Å². The average molecular weight is 218 g/mol. The van der Waals surface area contributed by atoms with Crippen molar-refractivity contribution in [3.63, 3.8) is 0 Å². The lowest BCUT2D eigenvalue weighted by Gasteiger charge is -1.99. The van der Waals surface area contributed by atoms with Gasteiger partial charge in [-0.3, -0.25) is 0 Å². The second kappa shape index (κ2) is 2.84. The molecular formula is C7H8BrNS. The maximum absolute atomic E-state index is 5.02. The highest BCUT2D eigenvalue weighted by Gasteiger charge is 1.94. The second-order valence-corrected chi connectivity index (χ2v) is 3.52. The summed E-state index contributed by atoms with van der Waals surface area (Å²) in [5.74, 6) is 0. The van der Waals surface area contributed by atoms with Gasteiger partial charge in [-0.15, -0.1) is 0 Å². The summed E-state index contributed by atoms with van der Waals surface area (Å²) in [5.41, 5.74) is 2.18. The van der Waals surface area contributed by atoms with Crippen molar-refractivity contribution >= 4 is 28.1 Å². The molecule has 1 aromatic heterocycles. The van der Waals surface area contributed by atoms with Crippen LogP contribution in [0.15, 0.2) is 10.5 Å². The molecule has 1 N–H and O–H groups in total. The number of aryl methyl sites for hydroxylation is 2. The maximum Gasteiger partial charge on any atom is 0.106 e. The van der Waals surface area contributed by atoms with E-state index >= 15 is 0 Å². The van der Waals surface area contributed by atoms with E-state index in [2.05, 4.69) is 20.9 Å². The SMILES string of the molecule is Cc1[nH]c(=S)c(C)cc1Br. The van der Waals surface area contributed by atoms with E-state index in [4.69, 9.17) is 12.2 Å². The van der Waals surface area contributed by atoms with Gasteiger partial charge in [0.25, 0.3) is 0 Å². The van der Waals surface area contributed by atoms with Gasteiger partial charge in [-0.2, -0.15) is 0 Å². The highest BCUT2D eigenvalue weighted by Crippen LogP contribution is 2.15. The molecule has 0 atom stereocenters. The van der Waals surface area contributed by atoms with Crippen LogP contribution < -0.4 is 0 Å². The molecule has 0 spiro atoms. The minimum absolute atomic E-state index is 0.820.